The van der Waals surface area contributed by atoms with Crippen LogP contribution < -0.4 is 4.72 Å². The van der Waals surface area contributed by atoms with E-state index in [2.05, 4.69) is 4.72 Å². The highest BCUT2D eigenvalue weighted by Gasteiger charge is 2.63. The maximum absolute atomic E-state index is 12.5. The Morgan fingerprint density at radius 2 is 1.74 bits per heavy atom. The quantitative estimate of drug-likeness (QED) is 0.867. The van der Waals surface area contributed by atoms with Crippen LogP contribution in [0, 0.1) is 0 Å². The molecule has 0 heterocycles. The van der Waals surface area contributed by atoms with Crippen LogP contribution in [0.5, 0.6) is 0 Å². The molecule has 23 heavy (non-hydrogen) atoms. The van der Waals surface area contributed by atoms with E-state index in [0.29, 0.717) is 5.02 Å². The van der Waals surface area contributed by atoms with Crippen LogP contribution in [0.15, 0.2) is 59.5 Å². The van der Waals surface area contributed by atoms with Crippen molar-refractivity contribution >= 4 is 27.6 Å². The molecular formula is C16H14ClNO4S. The molecule has 1 saturated carbocycles. The number of nitrogens with one attached hydrogen (secondary N) is 1. The summed E-state index contributed by atoms with van der Waals surface area (Å²) in [6, 6.07) is 14.6. The Bertz CT molecular complexity index is 836. The number of hydrogen-bond donors (Lipinski definition) is 2. The van der Waals surface area contributed by atoms with Gasteiger partial charge in [0.05, 0.1) is 4.90 Å². The Balaban J connectivity index is 1.90. The topological polar surface area (TPSA) is 83.5 Å². The molecule has 2 atom stereocenters. The van der Waals surface area contributed by atoms with Crippen LogP contribution in [0.25, 0.3) is 0 Å². The summed E-state index contributed by atoms with van der Waals surface area (Å²) in [6.45, 7) is 0. The average Bonchev–Trinajstić information content (AvgIpc) is 3.23. The number of sulfonamides is 1. The largest absolute Gasteiger partial charge is 0.480 e. The van der Waals surface area contributed by atoms with E-state index in [9.17, 15) is 18.3 Å². The molecule has 2 aromatic carbocycles. The van der Waals surface area contributed by atoms with Gasteiger partial charge >= 0.3 is 5.97 Å². The van der Waals surface area contributed by atoms with Crippen LogP contribution in [-0.2, 0) is 14.8 Å². The zero-order valence-electron chi connectivity index (χ0n) is 11.9. The van der Waals surface area contributed by atoms with Crippen LogP contribution in [-0.4, -0.2) is 25.0 Å². The van der Waals surface area contributed by atoms with Gasteiger partial charge in [0, 0.05) is 10.9 Å². The number of halogens is 1. The van der Waals surface area contributed by atoms with E-state index in [1.54, 1.807) is 24.3 Å². The smallest absolute Gasteiger partial charge is 0.325 e. The lowest BCUT2D eigenvalue weighted by molar-refractivity contribution is -0.140. The second-order valence-electron chi connectivity index (χ2n) is 5.50. The van der Waals surface area contributed by atoms with Gasteiger partial charge in [-0.3, -0.25) is 4.79 Å². The number of carbonyl (C=O) groups is 1. The van der Waals surface area contributed by atoms with Gasteiger partial charge in [0.25, 0.3) is 0 Å². The molecule has 3 rings (SSSR count). The minimum atomic E-state index is -3.95. The summed E-state index contributed by atoms with van der Waals surface area (Å²) >= 11 is 5.75. The number of rotatable bonds is 5. The average molecular weight is 352 g/mol. The molecule has 5 nitrogen and oxygen atoms in total. The molecule has 2 N–H and O–H groups in total. The number of benzene rings is 2. The Hall–Kier alpha value is -1.89. The molecule has 2 aromatic rings. The molecule has 2 unspecified atom stereocenters. The normalized spacial score (nSPS) is 23.4. The molecule has 1 aliphatic carbocycles. The molecule has 1 fully saturated rings. The SMILES string of the molecule is O=C(O)C1(NS(=O)(=O)c2ccc(Cl)cc2)CC1c1ccccc1. The van der Waals surface area contributed by atoms with Crippen LogP contribution >= 0.6 is 11.6 Å². The third-order valence-electron chi connectivity index (χ3n) is 3.98. The maximum atomic E-state index is 12.5. The summed E-state index contributed by atoms with van der Waals surface area (Å²) < 4.78 is 27.3. The molecule has 0 spiro atoms. The standard InChI is InChI=1S/C16H14ClNO4S/c17-12-6-8-13(9-7-12)23(21,22)18-16(15(19)20)10-14(16)11-4-2-1-3-5-11/h1-9,14,18H,10H2,(H,19,20). The summed E-state index contributed by atoms with van der Waals surface area (Å²) in [7, 11) is -3.95. The minimum Gasteiger partial charge on any atom is -0.480 e. The van der Waals surface area contributed by atoms with E-state index >= 15 is 0 Å². The van der Waals surface area contributed by atoms with Gasteiger partial charge < -0.3 is 5.11 Å². The Morgan fingerprint density at radius 1 is 1.13 bits per heavy atom. The monoisotopic (exact) mass is 351 g/mol. The highest BCUT2D eigenvalue weighted by atomic mass is 35.5. The van der Waals surface area contributed by atoms with Crippen molar-refractivity contribution in [1.29, 1.82) is 0 Å². The van der Waals surface area contributed by atoms with Crippen molar-refractivity contribution in [1.82, 2.24) is 4.72 Å². The summed E-state index contributed by atoms with van der Waals surface area (Å²) in [5.74, 6) is -1.56. The van der Waals surface area contributed by atoms with Crippen molar-refractivity contribution in [3.05, 3.63) is 65.2 Å². The van der Waals surface area contributed by atoms with Gasteiger partial charge in [0.15, 0.2) is 0 Å². The van der Waals surface area contributed by atoms with E-state index in [-0.39, 0.29) is 17.2 Å². The van der Waals surface area contributed by atoms with Gasteiger partial charge in [-0.1, -0.05) is 41.9 Å². The highest BCUT2D eigenvalue weighted by Crippen LogP contribution is 2.52. The second kappa shape index (κ2) is 5.63. The Labute approximate surface area is 139 Å². The predicted molar refractivity (Wildman–Crippen MR) is 85.9 cm³/mol. The van der Waals surface area contributed by atoms with Gasteiger partial charge in [-0.25, -0.2) is 8.42 Å². The fraction of sp³-hybridized carbons (Fsp3) is 0.188. The van der Waals surface area contributed by atoms with Crippen molar-refractivity contribution in [3.8, 4) is 0 Å². The summed E-state index contributed by atoms with van der Waals surface area (Å²) in [5, 5.41) is 9.95. The van der Waals surface area contributed by atoms with Gasteiger partial charge in [-0.05, 0) is 36.2 Å². The maximum Gasteiger partial charge on any atom is 0.325 e. The molecule has 0 aliphatic heterocycles. The molecule has 0 aromatic heterocycles. The van der Waals surface area contributed by atoms with Gasteiger partial charge in [-0.2, -0.15) is 4.72 Å². The van der Waals surface area contributed by atoms with Gasteiger partial charge in [0.1, 0.15) is 5.54 Å². The highest BCUT2D eigenvalue weighted by molar-refractivity contribution is 7.89. The van der Waals surface area contributed by atoms with E-state index in [1.807, 2.05) is 6.07 Å². The Kier molecular flexibility index (Phi) is 3.91. The molecule has 0 radical (unpaired) electrons. The first-order valence-electron chi connectivity index (χ1n) is 6.93. The van der Waals surface area contributed by atoms with E-state index in [0.717, 1.165) is 5.56 Å². The number of aliphatic carboxylic acids is 1. The van der Waals surface area contributed by atoms with Gasteiger partial charge in [0.2, 0.25) is 10.0 Å². The first-order valence-corrected chi connectivity index (χ1v) is 8.79. The predicted octanol–water partition coefficient (Wildman–Crippen LogP) is 2.63. The zero-order valence-corrected chi connectivity index (χ0v) is 13.5. The van der Waals surface area contributed by atoms with Crippen LogP contribution in [0.2, 0.25) is 5.02 Å². The third-order valence-corrected chi connectivity index (χ3v) is 5.76. The zero-order chi connectivity index (χ0) is 16.7. The van der Waals surface area contributed by atoms with E-state index in [4.69, 9.17) is 11.6 Å². The summed E-state index contributed by atoms with van der Waals surface area (Å²) in [5.41, 5.74) is -0.700. The van der Waals surface area contributed by atoms with E-state index in [1.165, 1.54) is 24.3 Å². The van der Waals surface area contributed by atoms with E-state index < -0.39 is 21.5 Å². The lowest BCUT2D eigenvalue weighted by atomic mass is 10.1. The number of carboxylic acids is 1. The van der Waals surface area contributed by atoms with Crippen molar-refractivity contribution < 1.29 is 18.3 Å². The molecule has 0 bridgehead atoms. The van der Waals surface area contributed by atoms with Crippen molar-refractivity contribution in [2.24, 2.45) is 0 Å². The molecular weight excluding hydrogens is 338 g/mol. The first kappa shape index (κ1) is 16.0. The lowest BCUT2D eigenvalue weighted by Crippen LogP contribution is -2.44. The molecule has 0 amide bonds. The fourth-order valence-corrected chi connectivity index (χ4v) is 4.19. The fourth-order valence-electron chi connectivity index (χ4n) is 2.66. The second-order valence-corrected chi connectivity index (χ2v) is 7.62. The lowest BCUT2D eigenvalue weighted by Gasteiger charge is -2.15. The van der Waals surface area contributed by atoms with Crippen molar-refractivity contribution in [2.75, 3.05) is 0 Å². The number of hydrogen-bond acceptors (Lipinski definition) is 3. The molecule has 0 saturated heterocycles. The number of carboxylic acid groups (broad SMARTS) is 1. The molecule has 120 valence electrons. The molecule has 1 aliphatic rings. The van der Waals surface area contributed by atoms with Crippen molar-refractivity contribution in [3.63, 3.8) is 0 Å². The molecule has 7 heteroatoms. The summed E-state index contributed by atoms with van der Waals surface area (Å²) in [4.78, 5) is 11.7. The first-order chi connectivity index (χ1) is 10.8. The Morgan fingerprint density at radius 3 is 2.30 bits per heavy atom. The van der Waals surface area contributed by atoms with Crippen LogP contribution in [0.4, 0.5) is 0 Å². The summed E-state index contributed by atoms with van der Waals surface area (Å²) in [6.07, 6.45) is 0.221. The third kappa shape index (κ3) is 2.97. The van der Waals surface area contributed by atoms with Crippen molar-refractivity contribution in [2.45, 2.75) is 22.8 Å². The van der Waals surface area contributed by atoms with Crippen LogP contribution in [0.3, 0.4) is 0 Å². The van der Waals surface area contributed by atoms with Crippen LogP contribution in [0.1, 0.15) is 17.9 Å². The van der Waals surface area contributed by atoms with Gasteiger partial charge in [-0.15, -0.1) is 0 Å². The minimum absolute atomic E-state index is 0.0127.